The first-order valence-electron chi connectivity index (χ1n) is 16.4. The van der Waals surface area contributed by atoms with Crippen molar-refractivity contribution in [1.82, 2.24) is 14.8 Å². The van der Waals surface area contributed by atoms with E-state index in [-0.39, 0.29) is 31.4 Å². The normalized spacial score (nSPS) is 31.0. The molecule has 2 atom stereocenters. The molecule has 0 aromatic heterocycles. The minimum atomic E-state index is -1.12. The lowest BCUT2D eigenvalue weighted by Gasteiger charge is -2.48. The van der Waals surface area contributed by atoms with Crippen LogP contribution in [0.2, 0.25) is 10.0 Å². The van der Waals surface area contributed by atoms with E-state index in [1.807, 2.05) is 53.7 Å². The van der Waals surface area contributed by atoms with Crippen LogP contribution in [-0.4, -0.2) is 42.8 Å². The zero-order valence-corrected chi connectivity index (χ0v) is 31.7. The molecule has 2 saturated carbocycles. The van der Waals surface area contributed by atoms with Gasteiger partial charge in [-0.1, -0.05) is 47.5 Å². The van der Waals surface area contributed by atoms with Crippen LogP contribution in [0.5, 0.6) is 0 Å². The fourth-order valence-corrected chi connectivity index (χ4v) is 9.13. The molecule has 252 valence electrons. The lowest BCUT2D eigenvalue weighted by Crippen LogP contribution is -2.57. The molecule has 5 nitrogen and oxygen atoms in total. The fraction of sp³-hybridized carbons (Fsp3) is 0.667. The van der Waals surface area contributed by atoms with Crippen molar-refractivity contribution in [3.05, 3.63) is 69.7 Å². The third kappa shape index (κ3) is 9.36. The Balaban J connectivity index is 1.54. The Morgan fingerprint density at radius 2 is 0.956 bits per heavy atom. The molecule has 0 radical (unpaired) electrons. The highest BCUT2D eigenvalue weighted by Gasteiger charge is 2.47. The highest BCUT2D eigenvalue weighted by molar-refractivity contribution is 7.91. The first-order chi connectivity index (χ1) is 20.8. The summed E-state index contributed by atoms with van der Waals surface area (Å²) in [6.07, 6.45) is 7.58. The Morgan fingerprint density at radius 1 is 0.622 bits per heavy atom. The molecule has 0 aliphatic heterocycles. The van der Waals surface area contributed by atoms with Crippen molar-refractivity contribution >= 4 is 45.9 Å². The molecule has 4 rings (SSSR count). The number of rotatable bonds is 10. The van der Waals surface area contributed by atoms with Crippen LogP contribution in [-0.2, 0) is 33.6 Å². The van der Waals surface area contributed by atoms with Gasteiger partial charge in [-0.25, -0.2) is 0 Å². The van der Waals surface area contributed by atoms with Gasteiger partial charge in [0.25, 0.3) is 0 Å². The largest absolute Gasteiger partial charge is 0.598 e. The summed E-state index contributed by atoms with van der Waals surface area (Å²) in [6.45, 7) is 18.2. The lowest BCUT2D eigenvalue weighted by molar-refractivity contribution is 0.170. The number of halogens is 2. The van der Waals surface area contributed by atoms with Gasteiger partial charge in [0, 0.05) is 56.7 Å². The third-order valence-corrected chi connectivity index (χ3v) is 14.3. The predicted molar refractivity (Wildman–Crippen MR) is 195 cm³/mol. The minimum Gasteiger partial charge on any atom is -0.598 e. The Labute approximate surface area is 289 Å². The van der Waals surface area contributed by atoms with E-state index < -0.39 is 22.7 Å². The second-order valence-corrected chi connectivity index (χ2v) is 21.1. The first kappa shape index (κ1) is 37.3. The maximum Gasteiger partial charge on any atom is 0.136 e. The second-order valence-electron chi connectivity index (χ2n) is 16.3. The van der Waals surface area contributed by atoms with Gasteiger partial charge in [0.05, 0.1) is 11.1 Å². The zero-order valence-electron chi connectivity index (χ0n) is 28.6. The summed E-state index contributed by atoms with van der Waals surface area (Å²) in [5.74, 6) is 0. The van der Waals surface area contributed by atoms with Crippen LogP contribution >= 0.6 is 23.2 Å². The van der Waals surface area contributed by atoms with Crippen molar-refractivity contribution in [2.45, 2.75) is 138 Å². The van der Waals surface area contributed by atoms with E-state index >= 15 is 0 Å². The zero-order chi connectivity index (χ0) is 33.3. The molecule has 0 bridgehead atoms. The number of hydrogen-bond acceptors (Lipinski definition) is 5. The molecule has 2 aromatic rings. The van der Waals surface area contributed by atoms with E-state index in [1.165, 1.54) is 11.1 Å². The van der Waals surface area contributed by atoms with Crippen LogP contribution in [0.3, 0.4) is 0 Å². The smallest absolute Gasteiger partial charge is 0.136 e. The Hall–Kier alpha value is -0.480. The van der Waals surface area contributed by atoms with E-state index in [4.69, 9.17) is 23.2 Å². The first-order valence-corrected chi connectivity index (χ1v) is 19.5. The summed E-state index contributed by atoms with van der Waals surface area (Å²) >= 11 is 10.9. The van der Waals surface area contributed by atoms with Crippen molar-refractivity contribution in [3.8, 4) is 0 Å². The topological polar surface area (TPSA) is 82.2 Å². The van der Waals surface area contributed by atoms with E-state index in [1.54, 1.807) is 0 Å². The Kier molecular flexibility index (Phi) is 11.8. The maximum atomic E-state index is 13.0. The van der Waals surface area contributed by atoms with Gasteiger partial charge >= 0.3 is 0 Å². The van der Waals surface area contributed by atoms with Crippen molar-refractivity contribution in [2.24, 2.45) is 0 Å². The van der Waals surface area contributed by atoms with Crippen LogP contribution < -0.4 is 14.8 Å². The summed E-state index contributed by atoms with van der Waals surface area (Å²) < 4.78 is 32.5. The van der Waals surface area contributed by atoms with Crippen LogP contribution in [0.15, 0.2) is 48.5 Å². The minimum absolute atomic E-state index is 0.0841. The summed E-state index contributed by atoms with van der Waals surface area (Å²) in [5.41, 5.74) is 2.00. The molecule has 2 fully saturated rings. The quantitative estimate of drug-likeness (QED) is 0.217. The number of benzene rings is 2. The molecule has 0 heterocycles. The molecule has 0 saturated heterocycles. The van der Waals surface area contributed by atoms with E-state index in [9.17, 15) is 9.11 Å². The SMILES string of the molecule is CC1(N[S+]([O-])C(C)(C)C)CCC(CNCC2(c3cccc(Cl)c3)CCC(C)(N[S+]([O-])C(C)(C)C)CC2)(c2cccc(Cl)c2)CC1. The van der Waals surface area contributed by atoms with Gasteiger partial charge in [-0.05, 0) is 142 Å². The fourth-order valence-electron chi connectivity index (χ4n) is 6.83. The molecule has 45 heavy (non-hydrogen) atoms. The molecule has 0 amide bonds. The molecular weight excluding hydrogens is 641 g/mol. The van der Waals surface area contributed by atoms with Crippen LogP contribution in [0.1, 0.15) is 118 Å². The van der Waals surface area contributed by atoms with Crippen LogP contribution in [0, 0.1) is 0 Å². The summed E-state index contributed by atoms with van der Waals surface area (Å²) in [6, 6.07) is 16.7. The van der Waals surface area contributed by atoms with Gasteiger partial charge in [0.2, 0.25) is 0 Å². The average Bonchev–Trinajstić information content (AvgIpc) is 2.94. The average molecular weight is 697 g/mol. The number of nitrogens with one attached hydrogen (secondary N) is 3. The molecular formula is C36H55Cl2N3O2S2. The van der Waals surface area contributed by atoms with Gasteiger partial charge in [-0.2, -0.15) is 0 Å². The predicted octanol–water partition coefficient (Wildman–Crippen LogP) is 8.53. The van der Waals surface area contributed by atoms with Gasteiger partial charge < -0.3 is 14.4 Å². The standard InChI is InChI=1S/C36H55Cl2N3O2S2/c1-31(2,3)44(42)40-33(7)15-19-35(20-16-33,27-11-9-13-29(37)23-27)25-39-26-36(28-12-10-14-30(38)24-28)21-17-34(8,18-22-36)41-45(43)32(4,5)6/h9-14,23-24,39-41H,15-22,25-26H2,1-8H3. The summed E-state index contributed by atoms with van der Waals surface area (Å²) in [7, 11) is 0. The van der Waals surface area contributed by atoms with Crippen molar-refractivity contribution < 1.29 is 9.11 Å². The van der Waals surface area contributed by atoms with Crippen molar-refractivity contribution in [2.75, 3.05) is 13.1 Å². The maximum absolute atomic E-state index is 13.0. The van der Waals surface area contributed by atoms with Crippen LogP contribution in [0.25, 0.3) is 0 Å². The van der Waals surface area contributed by atoms with Crippen molar-refractivity contribution in [1.29, 1.82) is 0 Å². The Bertz CT molecular complexity index is 1180. The monoisotopic (exact) mass is 695 g/mol. The summed E-state index contributed by atoms with van der Waals surface area (Å²) in [4.78, 5) is 0. The third-order valence-electron chi connectivity index (χ3n) is 10.2. The highest BCUT2D eigenvalue weighted by atomic mass is 35.5. The number of hydrogen-bond donors (Lipinski definition) is 3. The van der Waals surface area contributed by atoms with Gasteiger partial charge in [0.15, 0.2) is 0 Å². The molecule has 2 aliphatic carbocycles. The second kappa shape index (κ2) is 14.2. The summed E-state index contributed by atoms with van der Waals surface area (Å²) in [5, 5.41) is 5.50. The molecule has 9 heteroatoms. The lowest BCUT2D eigenvalue weighted by atomic mass is 9.63. The van der Waals surface area contributed by atoms with Crippen molar-refractivity contribution in [3.63, 3.8) is 0 Å². The molecule has 2 unspecified atom stereocenters. The highest BCUT2D eigenvalue weighted by Crippen LogP contribution is 2.46. The van der Waals surface area contributed by atoms with E-state index in [0.717, 1.165) is 74.5 Å². The van der Waals surface area contributed by atoms with E-state index in [0.29, 0.717) is 0 Å². The molecule has 2 aliphatic rings. The van der Waals surface area contributed by atoms with Gasteiger partial charge in [-0.3, -0.25) is 0 Å². The molecule has 3 N–H and O–H groups in total. The molecule has 0 spiro atoms. The van der Waals surface area contributed by atoms with Gasteiger partial charge in [0.1, 0.15) is 9.49 Å². The van der Waals surface area contributed by atoms with E-state index in [2.05, 4.69) is 65.0 Å². The van der Waals surface area contributed by atoms with Gasteiger partial charge in [-0.15, -0.1) is 9.44 Å². The Morgan fingerprint density at radius 3 is 1.24 bits per heavy atom. The van der Waals surface area contributed by atoms with Crippen LogP contribution in [0.4, 0.5) is 0 Å². The molecule has 2 aromatic carbocycles.